The highest BCUT2D eigenvalue weighted by atomic mass is 16.5. The predicted octanol–water partition coefficient (Wildman–Crippen LogP) is 5.33. The largest absolute Gasteiger partial charge is 0.493 e. The van der Waals surface area contributed by atoms with E-state index >= 15 is 0 Å². The molecule has 32 heavy (non-hydrogen) atoms. The number of amides is 1. The Morgan fingerprint density at radius 2 is 1.59 bits per heavy atom. The molecule has 0 aliphatic heterocycles. The Morgan fingerprint density at radius 3 is 2.22 bits per heavy atom. The number of para-hydroxylation sites is 1. The first kappa shape index (κ1) is 21.9. The summed E-state index contributed by atoms with van der Waals surface area (Å²) in [6.45, 7) is 0. The molecule has 0 bridgehead atoms. The fourth-order valence-corrected chi connectivity index (χ4v) is 4.55. The number of methoxy groups -OCH3 is 3. The summed E-state index contributed by atoms with van der Waals surface area (Å²) in [6, 6.07) is 13.7. The summed E-state index contributed by atoms with van der Waals surface area (Å²) in [5.74, 6) is 1.64. The van der Waals surface area contributed by atoms with E-state index in [-0.39, 0.29) is 11.9 Å². The smallest absolute Gasteiger partial charge is 0.254 e. The number of nitrogens with zero attached hydrogens (tertiary/aromatic N) is 2. The number of rotatable bonds is 6. The molecule has 1 fully saturated rings. The molecular formula is C26H30N2O4. The second-order valence-electron chi connectivity index (χ2n) is 8.19. The Balaban J connectivity index is 1.83. The number of fused-ring (bicyclic) bond motifs is 1. The Kier molecular flexibility index (Phi) is 6.49. The molecule has 0 unspecified atom stereocenters. The van der Waals surface area contributed by atoms with Crippen molar-refractivity contribution in [3.05, 3.63) is 48.0 Å². The van der Waals surface area contributed by atoms with Crippen LogP contribution in [0.25, 0.3) is 22.2 Å². The van der Waals surface area contributed by atoms with Gasteiger partial charge in [0.25, 0.3) is 5.91 Å². The van der Waals surface area contributed by atoms with Crippen molar-refractivity contribution in [2.75, 3.05) is 28.4 Å². The zero-order valence-corrected chi connectivity index (χ0v) is 19.2. The van der Waals surface area contributed by atoms with Crippen molar-refractivity contribution in [2.45, 2.75) is 38.1 Å². The van der Waals surface area contributed by atoms with Gasteiger partial charge in [-0.1, -0.05) is 37.5 Å². The van der Waals surface area contributed by atoms with Crippen LogP contribution in [0, 0.1) is 0 Å². The molecule has 0 spiro atoms. The number of ether oxygens (including phenoxy) is 3. The lowest BCUT2D eigenvalue weighted by atomic mass is 9.93. The van der Waals surface area contributed by atoms with Gasteiger partial charge in [-0.2, -0.15) is 0 Å². The molecule has 2 aromatic carbocycles. The predicted molar refractivity (Wildman–Crippen MR) is 126 cm³/mol. The van der Waals surface area contributed by atoms with Gasteiger partial charge in [-0.05, 0) is 37.1 Å². The minimum absolute atomic E-state index is 0.0317. The van der Waals surface area contributed by atoms with E-state index in [1.54, 1.807) is 21.3 Å². The Hall–Kier alpha value is -3.28. The number of pyridine rings is 1. The highest BCUT2D eigenvalue weighted by Gasteiger charge is 2.25. The number of hydrogen-bond donors (Lipinski definition) is 0. The fraction of sp³-hybridized carbons (Fsp3) is 0.385. The second-order valence-corrected chi connectivity index (χ2v) is 8.19. The van der Waals surface area contributed by atoms with Crippen LogP contribution in [0.4, 0.5) is 0 Å². The van der Waals surface area contributed by atoms with Crippen molar-refractivity contribution in [2.24, 2.45) is 0 Å². The summed E-state index contributed by atoms with van der Waals surface area (Å²) >= 11 is 0. The zero-order chi connectivity index (χ0) is 22.7. The van der Waals surface area contributed by atoms with Gasteiger partial charge in [0.1, 0.15) is 0 Å². The molecule has 1 heterocycles. The van der Waals surface area contributed by atoms with Gasteiger partial charge in [-0.3, -0.25) is 4.79 Å². The molecule has 0 saturated heterocycles. The van der Waals surface area contributed by atoms with E-state index in [0.29, 0.717) is 28.5 Å². The van der Waals surface area contributed by atoms with Crippen molar-refractivity contribution >= 4 is 16.8 Å². The molecule has 1 saturated carbocycles. The van der Waals surface area contributed by atoms with Crippen molar-refractivity contribution in [1.82, 2.24) is 9.88 Å². The van der Waals surface area contributed by atoms with Crippen LogP contribution in [-0.2, 0) is 0 Å². The minimum atomic E-state index is 0.0317. The summed E-state index contributed by atoms with van der Waals surface area (Å²) in [6.07, 6.45) is 5.73. The average molecular weight is 435 g/mol. The molecular weight excluding hydrogens is 404 g/mol. The normalized spacial score (nSPS) is 14.2. The molecule has 1 amide bonds. The summed E-state index contributed by atoms with van der Waals surface area (Å²) < 4.78 is 16.5. The SMILES string of the molecule is COc1cc(-c2cc(C(=O)N(C)C3CCCCC3)c3ccccc3n2)cc(OC)c1OC. The van der Waals surface area contributed by atoms with Gasteiger partial charge >= 0.3 is 0 Å². The number of benzene rings is 2. The first-order valence-corrected chi connectivity index (χ1v) is 11.0. The third kappa shape index (κ3) is 4.09. The van der Waals surface area contributed by atoms with Gasteiger partial charge < -0.3 is 19.1 Å². The van der Waals surface area contributed by atoms with E-state index in [2.05, 4.69) is 0 Å². The average Bonchev–Trinajstić information content (AvgIpc) is 2.86. The first-order chi connectivity index (χ1) is 15.6. The van der Waals surface area contributed by atoms with Crippen LogP contribution in [0.5, 0.6) is 17.2 Å². The van der Waals surface area contributed by atoms with Gasteiger partial charge in [0.05, 0.1) is 38.1 Å². The lowest BCUT2D eigenvalue weighted by Crippen LogP contribution is -2.38. The van der Waals surface area contributed by atoms with E-state index in [0.717, 1.165) is 29.3 Å². The summed E-state index contributed by atoms with van der Waals surface area (Å²) in [4.78, 5) is 20.4. The zero-order valence-electron chi connectivity index (χ0n) is 19.2. The number of hydrogen-bond acceptors (Lipinski definition) is 5. The van der Waals surface area contributed by atoms with Gasteiger partial charge in [0.2, 0.25) is 5.75 Å². The van der Waals surface area contributed by atoms with Crippen LogP contribution in [0.2, 0.25) is 0 Å². The molecule has 3 aromatic rings. The van der Waals surface area contributed by atoms with Gasteiger partial charge in [0.15, 0.2) is 11.5 Å². The monoisotopic (exact) mass is 434 g/mol. The maximum Gasteiger partial charge on any atom is 0.254 e. The van der Waals surface area contributed by atoms with Crippen LogP contribution in [-0.4, -0.2) is 50.2 Å². The number of carbonyl (C=O) groups excluding carboxylic acids is 1. The van der Waals surface area contributed by atoms with Gasteiger partial charge in [0, 0.05) is 24.0 Å². The molecule has 0 N–H and O–H groups in total. The molecule has 0 atom stereocenters. The maximum atomic E-state index is 13.6. The molecule has 1 aliphatic carbocycles. The van der Waals surface area contributed by atoms with E-state index < -0.39 is 0 Å². The standard InChI is InChI=1S/C26H30N2O4/c1-28(18-10-6-5-7-11-18)26(29)20-16-22(27-21-13-9-8-12-19(20)21)17-14-23(30-2)25(32-4)24(15-17)31-3/h8-9,12-16,18H,5-7,10-11H2,1-4H3. The van der Waals surface area contributed by atoms with Crippen LogP contribution < -0.4 is 14.2 Å². The molecule has 168 valence electrons. The second kappa shape index (κ2) is 9.47. The lowest BCUT2D eigenvalue weighted by molar-refractivity contribution is 0.0698. The third-order valence-corrected chi connectivity index (χ3v) is 6.35. The topological polar surface area (TPSA) is 60.9 Å². The molecule has 6 heteroatoms. The van der Waals surface area contributed by atoms with Gasteiger partial charge in [-0.25, -0.2) is 4.98 Å². The summed E-state index contributed by atoms with van der Waals surface area (Å²) in [7, 11) is 6.67. The fourth-order valence-electron chi connectivity index (χ4n) is 4.55. The number of carbonyl (C=O) groups is 1. The van der Waals surface area contributed by atoms with Crippen LogP contribution in [0.1, 0.15) is 42.5 Å². The Bertz CT molecular complexity index is 1100. The van der Waals surface area contributed by atoms with Crippen molar-refractivity contribution in [3.8, 4) is 28.5 Å². The Labute approximate surface area is 189 Å². The van der Waals surface area contributed by atoms with Crippen molar-refractivity contribution in [1.29, 1.82) is 0 Å². The third-order valence-electron chi connectivity index (χ3n) is 6.35. The lowest BCUT2D eigenvalue weighted by Gasteiger charge is -2.31. The molecule has 4 rings (SSSR count). The van der Waals surface area contributed by atoms with Crippen LogP contribution in [0.3, 0.4) is 0 Å². The Morgan fingerprint density at radius 1 is 0.938 bits per heavy atom. The van der Waals surface area contributed by atoms with E-state index in [4.69, 9.17) is 19.2 Å². The van der Waals surface area contributed by atoms with Crippen LogP contribution in [0.15, 0.2) is 42.5 Å². The highest BCUT2D eigenvalue weighted by Crippen LogP contribution is 2.41. The van der Waals surface area contributed by atoms with Crippen molar-refractivity contribution in [3.63, 3.8) is 0 Å². The van der Waals surface area contributed by atoms with Crippen LogP contribution >= 0.6 is 0 Å². The maximum absolute atomic E-state index is 13.6. The molecule has 6 nitrogen and oxygen atoms in total. The van der Waals surface area contributed by atoms with Gasteiger partial charge in [-0.15, -0.1) is 0 Å². The number of aromatic nitrogens is 1. The first-order valence-electron chi connectivity index (χ1n) is 11.0. The van der Waals surface area contributed by atoms with Crippen molar-refractivity contribution < 1.29 is 19.0 Å². The van der Waals surface area contributed by atoms with E-state index in [1.807, 2.05) is 54.4 Å². The highest BCUT2D eigenvalue weighted by molar-refractivity contribution is 6.07. The molecule has 1 aromatic heterocycles. The van der Waals surface area contributed by atoms with E-state index in [9.17, 15) is 4.79 Å². The molecule has 0 radical (unpaired) electrons. The molecule has 1 aliphatic rings. The summed E-state index contributed by atoms with van der Waals surface area (Å²) in [5, 5.41) is 0.858. The van der Waals surface area contributed by atoms with E-state index in [1.165, 1.54) is 19.3 Å². The minimum Gasteiger partial charge on any atom is -0.493 e. The summed E-state index contributed by atoms with van der Waals surface area (Å²) in [5.41, 5.74) is 2.91. The quantitative estimate of drug-likeness (QED) is 0.525.